The van der Waals surface area contributed by atoms with Crippen molar-refractivity contribution in [3.8, 4) is 0 Å². The van der Waals surface area contributed by atoms with Crippen molar-refractivity contribution in [2.75, 3.05) is 11.9 Å². The number of anilines is 2. The van der Waals surface area contributed by atoms with Gasteiger partial charge in [-0.3, -0.25) is 4.79 Å². The lowest BCUT2D eigenvalue weighted by Crippen LogP contribution is -2.10. The Bertz CT molecular complexity index is 1230. The Balaban J connectivity index is 1.67. The first kappa shape index (κ1) is 20.3. The maximum absolute atomic E-state index is 11.3. The number of nitrogens with zero attached hydrogens (tertiary/aromatic N) is 2. The van der Waals surface area contributed by atoms with Crippen molar-refractivity contribution < 1.29 is 9.90 Å². The monoisotopic (exact) mass is 438 g/mol. The van der Waals surface area contributed by atoms with Crippen LogP contribution in [0.5, 0.6) is 0 Å². The van der Waals surface area contributed by atoms with Gasteiger partial charge in [-0.05, 0) is 41.5 Å². The van der Waals surface area contributed by atoms with E-state index < -0.39 is 5.97 Å². The summed E-state index contributed by atoms with van der Waals surface area (Å²) in [6.07, 6.45) is 1.94. The van der Waals surface area contributed by atoms with Crippen molar-refractivity contribution in [1.29, 1.82) is 0 Å². The summed E-state index contributed by atoms with van der Waals surface area (Å²) in [4.78, 5) is 13.3. The summed E-state index contributed by atoms with van der Waals surface area (Å²) >= 11 is 12.6. The number of carboxylic acid groups (broad SMARTS) is 1. The Morgan fingerprint density at radius 1 is 1.03 bits per heavy atom. The van der Waals surface area contributed by atoms with Crippen LogP contribution in [0.1, 0.15) is 11.1 Å². The zero-order chi connectivity index (χ0) is 21.3. The van der Waals surface area contributed by atoms with Crippen molar-refractivity contribution in [2.45, 2.75) is 13.0 Å². The number of carboxylic acids is 1. The van der Waals surface area contributed by atoms with Crippen LogP contribution in [0.4, 0.5) is 11.4 Å². The fourth-order valence-electron chi connectivity index (χ4n) is 3.71. The highest BCUT2D eigenvalue weighted by atomic mass is 35.5. The van der Waals surface area contributed by atoms with Gasteiger partial charge < -0.3 is 14.6 Å². The predicted octanol–water partition coefficient (Wildman–Crippen LogP) is 6.39. The van der Waals surface area contributed by atoms with Crippen LogP contribution in [0.3, 0.4) is 0 Å². The van der Waals surface area contributed by atoms with Gasteiger partial charge in [0.25, 0.3) is 0 Å². The predicted molar refractivity (Wildman–Crippen MR) is 123 cm³/mol. The molecular weight excluding hydrogens is 419 g/mol. The van der Waals surface area contributed by atoms with E-state index in [9.17, 15) is 9.90 Å². The molecule has 0 unspecified atom stereocenters. The molecule has 0 saturated carbocycles. The highest BCUT2D eigenvalue weighted by molar-refractivity contribution is 6.43. The standard InChI is InChI=1S/C24H20Cl2N2O2/c1-27(22-11-5-9-20(25)24(22)26)18-7-4-6-16(12-18)14-28-15-17(13-23(29)30)19-8-2-3-10-21(19)28/h2-12,15H,13-14H2,1H3,(H,29,30). The Labute approximate surface area is 184 Å². The molecule has 6 heteroatoms. The Hall–Kier alpha value is -2.95. The molecule has 0 radical (unpaired) electrons. The van der Waals surface area contributed by atoms with Crippen LogP contribution in [0.25, 0.3) is 10.9 Å². The van der Waals surface area contributed by atoms with Crippen LogP contribution in [0.15, 0.2) is 72.9 Å². The number of rotatable bonds is 6. The molecule has 3 aromatic carbocycles. The second-order valence-corrected chi connectivity index (χ2v) is 7.96. The summed E-state index contributed by atoms with van der Waals surface area (Å²) < 4.78 is 2.10. The molecule has 0 spiro atoms. The second-order valence-electron chi connectivity index (χ2n) is 7.17. The molecule has 1 aromatic heterocycles. The van der Waals surface area contributed by atoms with Crippen LogP contribution in [-0.4, -0.2) is 22.7 Å². The number of aliphatic carboxylic acids is 1. The van der Waals surface area contributed by atoms with Crippen molar-refractivity contribution >= 4 is 51.4 Å². The fraction of sp³-hybridized carbons (Fsp3) is 0.125. The van der Waals surface area contributed by atoms with Gasteiger partial charge in [0, 0.05) is 36.4 Å². The van der Waals surface area contributed by atoms with Crippen molar-refractivity contribution in [1.82, 2.24) is 4.57 Å². The van der Waals surface area contributed by atoms with E-state index >= 15 is 0 Å². The molecule has 0 amide bonds. The van der Waals surface area contributed by atoms with E-state index in [4.69, 9.17) is 23.2 Å². The van der Waals surface area contributed by atoms with Crippen molar-refractivity contribution in [3.05, 3.63) is 94.1 Å². The lowest BCUT2D eigenvalue weighted by Gasteiger charge is -2.22. The molecule has 0 aliphatic carbocycles. The minimum Gasteiger partial charge on any atom is -0.481 e. The molecule has 0 saturated heterocycles. The van der Waals surface area contributed by atoms with Crippen LogP contribution >= 0.6 is 23.2 Å². The summed E-state index contributed by atoms with van der Waals surface area (Å²) in [6.45, 7) is 0.630. The summed E-state index contributed by atoms with van der Waals surface area (Å²) in [5.74, 6) is -0.833. The minimum absolute atomic E-state index is 0.00353. The van der Waals surface area contributed by atoms with Gasteiger partial charge in [0.2, 0.25) is 0 Å². The lowest BCUT2D eigenvalue weighted by atomic mass is 10.1. The number of halogens is 2. The first-order chi connectivity index (χ1) is 14.4. The molecule has 0 fully saturated rings. The maximum Gasteiger partial charge on any atom is 0.307 e. The zero-order valence-electron chi connectivity index (χ0n) is 16.3. The number of hydrogen-bond acceptors (Lipinski definition) is 2. The number of carbonyl (C=O) groups is 1. The number of para-hydroxylation sites is 1. The second kappa shape index (κ2) is 8.42. The van der Waals surface area contributed by atoms with E-state index in [1.54, 1.807) is 6.07 Å². The molecule has 0 aliphatic heterocycles. The van der Waals surface area contributed by atoms with E-state index in [-0.39, 0.29) is 6.42 Å². The molecule has 1 N–H and O–H groups in total. The van der Waals surface area contributed by atoms with Gasteiger partial charge in [-0.1, -0.05) is 59.6 Å². The lowest BCUT2D eigenvalue weighted by molar-refractivity contribution is -0.136. The van der Waals surface area contributed by atoms with Gasteiger partial charge in [0.1, 0.15) is 0 Å². The van der Waals surface area contributed by atoms with Gasteiger partial charge in [0.05, 0.1) is 22.2 Å². The molecule has 4 rings (SSSR count). The normalized spacial score (nSPS) is 11.0. The number of fused-ring (bicyclic) bond motifs is 1. The Morgan fingerprint density at radius 2 is 1.80 bits per heavy atom. The first-order valence-corrected chi connectivity index (χ1v) is 10.2. The van der Waals surface area contributed by atoms with Crippen LogP contribution in [-0.2, 0) is 17.8 Å². The molecule has 1 heterocycles. The van der Waals surface area contributed by atoms with Crippen LogP contribution < -0.4 is 4.90 Å². The third-order valence-electron chi connectivity index (χ3n) is 5.16. The maximum atomic E-state index is 11.3. The summed E-state index contributed by atoms with van der Waals surface area (Å²) in [5, 5.41) is 11.2. The third-order valence-corrected chi connectivity index (χ3v) is 5.97. The number of aromatic nitrogens is 1. The highest BCUT2D eigenvalue weighted by Gasteiger charge is 2.13. The van der Waals surface area contributed by atoms with E-state index in [1.165, 1.54) is 0 Å². The Morgan fingerprint density at radius 3 is 2.60 bits per heavy atom. The highest BCUT2D eigenvalue weighted by Crippen LogP contribution is 2.35. The molecule has 0 atom stereocenters. The van der Waals surface area contributed by atoms with E-state index in [2.05, 4.69) is 16.7 Å². The zero-order valence-corrected chi connectivity index (χ0v) is 17.9. The molecule has 152 valence electrons. The number of hydrogen-bond donors (Lipinski definition) is 1. The van der Waals surface area contributed by atoms with Crippen molar-refractivity contribution in [2.24, 2.45) is 0 Å². The van der Waals surface area contributed by atoms with E-state index in [1.807, 2.05) is 66.7 Å². The number of benzene rings is 3. The van der Waals surface area contributed by atoms with Crippen LogP contribution in [0, 0.1) is 0 Å². The van der Waals surface area contributed by atoms with Gasteiger partial charge in [-0.15, -0.1) is 0 Å². The topological polar surface area (TPSA) is 45.5 Å². The molecule has 0 aliphatic rings. The Kier molecular flexibility index (Phi) is 5.71. The molecule has 30 heavy (non-hydrogen) atoms. The third kappa shape index (κ3) is 4.02. The first-order valence-electron chi connectivity index (χ1n) is 9.49. The largest absolute Gasteiger partial charge is 0.481 e. The van der Waals surface area contributed by atoms with Crippen LogP contribution in [0.2, 0.25) is 10.0 Å². The molecule has 4 aromatic rings. The fourth-order valence-corrected chi connectivity index (χ4v) is 4.13. The van der Waals surface area contributed by atoms with Gasteiger partial charge in [-0.25, -0.2) is 0 Å². The van der Waals surface area contributed by atoms with E-state index in [0.29, 0.717) is 16.6 Å². The summed E-state index contributed by atoms with van der Waals surface area (Å²) in [6, 6.07) is 21.6. The average Bonchev–Trinajstić information content (AvgIpc) is 3.06. The molecule has 4 nitrogen and oxygen atoms in total. The van der Waals surface area contributed by atoms with Gasteiger partial charge in [-0.2, -0.15) is 0 Å². The van der Waals surface area contributed by atoms with Crippen molar-refractivity contribution in [3.63, 3.8) is 0 Å². The summed E-state index contributed by atoms with van der Waals surface area (Å²) in [5.41, 5.74) is 4.75. The molecular formula is C24H20Cl2N2O2. The molecule has 0 bridgehead atoms. The van der Waals surface area contributed by atoms with E-state index in [0.717, 1.165) is 33.4 Å². The minimum atomic E-state index is -0.833. The SMILES string of the molecule is CN(c1cccc(Cn2cc(CC(=O)O)c3ccccc32)c1)c1cccc(Cl)c1Cl. The van der Waals surface area contributed by atoms with Gasteiger partial charge in [0.15, 0.2) is 0 Å². The summed E-state index contributed by atoms with van der Waals surface area (Å²) in [7, 11) is 1.95. The average molecular weight is 439 g/mol. The quantitative estimate of drug-likeness (QED) is 0.379. The smallest absolute Gasteiger partial charge is 0.307 e. The van der Waals surface area contributed by atoms with Gasteiger partial charge >= 0.3 is 5.97 Å².